The monoisotopic (exact) mass is 371 g/mol. The number of benzene rings is 1. The lowest BCUT2D eigenvalue weighted by Gasteiger charge is -2.15. The van der Waals surface area contributed by atoms with Gasteiger partial charge in [-0.2, -0.15) is 10.1 Å². The summed E-state index contributed by atoms with van der Waals surface area (Å²) in [5, 5.41) is 9.10. The zero-order chi connectivity index (χ0) is 18.1. The SMILES string of the molecule is Cn1nc2nc(NCCN3CCCC3)nc(-c3ccccc3Cl)c2c1N. The summed E-state index contributed by atoms with van der Waals surface area (Å²) in [7, 11) is 1.80. The van der Waals surface area contributed by atoms with Gasteiger partial charge in [0, 0.05) is 30.7 Å². The van der Waals surface area contributed by atoms with Crippen molar-refractivity contribution in [3.63, 3.8) is 0 Å². The Morgan fingerprint density at radius 1 is 1.19 bits per heavy atom. The van der Waals surface area contributed by atoms with Crippen LogP contribution in [0.3, 0.4) is 0 Å². The molecule has 8 heteroatoms. The minimum atomic E-state index is 0.526. The Morgan fingerprint density at radius 2 is 1.96 bits per heavy atom. The van der Waals surface area contributed by atoms with E-state index in [-0.39, 0.29) is 0 Å². The maximum Gasteiger partial charge on any atom is 0.225 e. The highest BCUT2D eigenvalue weighted by molar-refractivity contribution is 6.33. The van der Waals surface area contributed by atoms with Crippen LogP contribution >= 0.6 is 11.6 Å². The Labute approximate surface area is 157 Å². The molecule has 1 aromatic carbocycles. The van der Waals surface area contributed by atoms with Crippen molar-refractivity contribution in [3.8, 4) is 11.3 Å². The minimum absolute atomic E-state index is 0.526. The van der Waals surface area contributed by atoms with Gasteiger partial charge in [-0.25, -0.2) is 4.98 Å². The molecule has 7 nitrogen and oxygen atoms in total. The number of hydrogen-bond donors (Lipinski definition) is 2. The molecular weight excluding hydrogens is 350 g/mol. The lowest BCUT2D eigenvalue weighted by Crippen LogP contribution is -2.26. The van der Waals surface area contributed by atoms with Crippen molar-refractivity contribution in [1.29, 1.82) is 0 Å². The molecule has 2 aromatic heterocycles. The van der Waals surface area contributed by atoms with E-state index in [0.29, 0.717) is 28.1 Å². The van der Waals surface area contributed by atoms with Gasteiger partial charge in [0.05, 0.1) is 11.1 Å². The number of halogens is 1. The van der Waals surface area contributed by atoms with Gasteiger partial charge in [0.1, 0.15) is 5.82 Å². The molecule has 0 aliphatic carbocycles. The van der Waals surface area contributed by atoms with Crippen molar-refractivity contribution in [3.05, 3.63) is 29.3 Å². The van der Waals surface area contributed by atoms with Crippen LogP contribution in [-0.2, 0) is 7.05 Å². The zero-order valence-corrected chi connectivity index (χ0v) is 15.5. The van der Waals surface area contributed by atoms with Gasteiger partial charge < -0.3 is 16.0 Å². The molecule has 0 spiro atoms. The normalized spacial score (nSPS) is 15.0. The molecule has 3 N–H and O–H groups in total. The molecule has 0 saturated carbocycles. The van der Waals surface area contributed by atoms with E-state index in [1.54, 1.807) is 11.7 Å². The fraction of sp³-hybridized carbons (Fsp3) is 0.389. The van der Waals surface area contributed by atoms with Crippen LogP contribution in [0.1, 0.15) is 12.8 Å². The lowest BCUT2D eigenvalue weighted by atomic mass is 10.1. The second-order valence-electron chi connectivity index (χ2n) is 6.56. The molecule has 1 aliphatic heterocycles. The van der Waals surface area contributed by atoms with Crippen molar-refractivity contribution in [2.45, 2.75) is 12.8 Å². The summed E-state index contributed by atoms with van der Waals surface area (Å²) in [6, 6.07) is 7.61. The molecule has 0 bridgehead atoms. The molecule has 0 radical (unpaired) electrons. The number of likely N-dealkylation sites (tertiary alicyclic amines) is 1. The molecule has 136 valence electrons. The Balaban J connectivity index is 1.70. The maximum absolute atomic E-state index is 6.41. The third-order valence-corrected chi connectivity index (χ3v) is 5.11. The number of nitrogens with zero attached hydrogens (tertiary/aromatic N) is 5. The van der Waals surface area contributed by atoms with Crippen LogP contribution in [0.2, 0.25) is 5.02 Å². The summed E-state index contributed by atoms with van der Waals surface area (Å²) in [5.41, 5.74) is 8.30. The second-order valence-corrected chi connectivity index (χ2v) is 6.97. The molecule has 1 aliphatic rings. The standard InChI is InChI=1S/C18H22ClN7/c1-25-16(20)14-15(12-6-2-3-7-13(12)19)22-18(23-17(14)24-25)21-8-11-26-9-4-5-10-26/h2-3,6-7H,4-5,8-11,20H2,1H3,(H,21,23,24). The highest BCUT2D eigenvalue weighted by Crippen LogP contribution is 2.34. The summed E-state index contributed by atoms with van der Waals surface area (Å²) >= 11 is 6.41. The molecule has 4 rings (SSSR count). The largest absolute Gasteiger partial charge is 0.383 e. The fourth-order valence-electron chi connectivity index (χ4n) is 3.37. The van der Waals surface area contributed by atoms with Gasteiger partial charge in [0.15, 0.2) is 5.65 Å². The Morgan fingerprint density at radius 3 is 2.73 bits per heavy atom. The van der Waals surface area contributed by atoms with E-state index >= 15 is 0 Å². The van der Waals surface area contributed by atoms with Gasteiger partial charge in [-0.15, -0.1) is 0 Å². The van der Waals surface area contributed by atoms with Crippen molar-refractivity contribution in [2.24, 2.45) is 7.05 Å². The van der Waals surface area contributed by atoms with Gasteiger partial charge in [-0.3, -0.25) is 4.68 Å². The molecule has 1 fully saturated rings. The van der Waals surface area contributed by atoms with Gasteiger partial charge in [-0.05, 0) is 32.0 Å². The number of anilines is 2. The molecule has 0 unspecified atom stereocenters. The van der Waals surface area contributed by atoms with Gasteiger partial charge >= 0.3 is 0 Å². The fourth-order valence-corrected chi connectivity index (χ4v) is 3.60. The van der Waals surface area contributed by atoms with Crippen LogP contribution in [0.4, 0.5) is 11.8 Å². The quantitative estimate of drug-likeness (QED) is 0.717. The number of aryl methyl sites for hydroxylation is 1. The number of hydrogen-bond acceptors (Lipinski definition) is 6. The smallest absolute Gasteiger partial charge is 0.225 e. The summed E-state index contributed by atoms with van der Waals surface area (Å²) in [6.45, 7) is 4.11. The first-order valence-electron chi connectivity index (χ1n) is 8.85. The lowest BCUT2D eigenvalue weighted by molar-refractivity contribution is 0.352. The highest BCUT2D eigenvalue weighted by Gasteiger charge is 2.19. The van der Waals surface area contributed by atoms with Crippen LogP contribution in [0.5, 0.6) is 0 Å². The molecule has 1 saturated heterocycles. The maximum atomic E-state index is 6.41. The van der Waals surface area contributed by atoms with E-state index in [1.807, 2.05) is 24.3 Å². The Hall–Kier alpha value is -2.38. The first-order valence-corrected chi connectivity index (χ1v) is 9.22. The van der Waals surface area contributed by atoms with Gasteiger partial charge in [0.2, 0.25) is 5.95 Å². The van der Waals surface area contributed by atoms with E-state index in [4.69, 9.17) is 22.3 Å². The Bertz CT molecular complexity index is 931. The van der Waals surface area contributed by atoms with Crippen molar-refractivity contribution >= 4 is 34.4 Å². The zero-order valence-electron chi connectivity index (χ0n) is 14.7. The number of rotatable bonds is 5. The molecule has 26 heavy (non-hydrogen) atoms. The van der Waals surface area contributed by atoms with Crippen LogP contribution in [-0.4, -0.2) is 50.8 Å². The van der Waals surface area contributed by atoms with Gasteiger partial charge in [-0.1, -0.05) is 29.8 Å². The van der Waals surface area contributed by atoms with E-state index in [0.717, 1.165) is 24.0 Å². The summed E-state index contributed by atoms with van der Waals surface area (Å²) in [4.78, 5) is 11.7. The first-order chi connectivity index (χ1) is 12.6. The second kappa shape index (κ2) is 7.09. The van der Waals surface area contributed by atoms with Gasteiger partial charge in [0.25, 0.3) is 0 Å². The van der Waals surface area contributed by atoms with Crippen LogP contribution in [0.25, 0.3) is 22.3 Å². The summed E-state index contributed by atoms with van der Waals surface area (Å²) in [6.07, 6.45) is 2.57. The average molecular weight is 372 g/mol. The molecule has 3 aromatic rings. The van der Waals surface area contributed by atoms with Crippen LogP contribution < -0.4 is 11.1 Å². The van der Waals surface area contributed by atoms with Crippen molar-refractivity contribution < 1.29 is 0 Å². The number of fused-ring (bicyclic) bond motifs is 1. The minimum Gasteiger partial charge on any atom is -0.383 e. The third-order valence-electron chi connectivity index (χ3n) is 4.78. The molecule has 0 atom stereocenters. The number of nitrogens with two attached hydrogens (primary N) is 1. The molecule has 0 amide bonds. The summed E-state index contributed by atoms with van der Waals surface area (Å²) in [5.74, 6) is 1.07. The van der Waals surface area contributed by atoms with E-state index in [1.165, 1.54) is 25.9 Å². The van der Waals surface area contributed by atoms with Crippen LogP contribution in [0, 0.1) is 0 Å². The predicted molar refractivity (Wildman–Crippen MR) is 105 cm³/mol. The topological polar surface area (TPSA) is 84.9 Å². The van der Waals surface area contributed by atoms with E-state index < -0.39 is 0 Å². The molecule has 3 heterocycles. The summed E-state index contributed by atoms with van der Waals surface area (Å²) < 4.78 is 1.62. The Kier molecular flexibility index (Phi) is 4.65. The van der Waals surface area contributed by atoms with Crippen molar-refractivity contribution in [2.75, 3.05) is 37.2 Å². The van der Waals surface area contributed by atoms with Crippen LogP contribution in [0.15, 0.2) is 24.3 Å². The molecular formula is C18H22ClN7. The van der Waals surface area contributed by atoms with E-state index in [2.05, 4.69) is 20.3 Å². The third kappa shape index (κ3) is 3.20. The number of nitrogens with one attached hydrogen (secondary N) is 1. The number of nitrogen functional groups attached to an aromatic ring is 1. The first kappa shape index (κ1) is 17.1. The van der Waals surface area contributed by atoms with E-state index in [9.17, 15) is 0 Å². The number of aromatic nitrogens is 4. The highest BCUT2D eigenvalue weighted by atomic mass is 35.5. The predicted octanol–water partition coefficient (Wildman–Crippen LogP) is 2.77. The average Bonchev–Trinajstić information content (AvgIpc) is 3.24. The van der Waals surface area contributed by atoms with Crippen molar-refractivity contribution in [1.82, 2.24) is 24.6 Å².